The van der Waals surface area contributed by atoms with Gasteiger partial charge in [0.1, 0.15) is 0 Å². The molecule has 0 aliphatic heterocycles. The lowest BCUT2D eigenvalue weighted by Crippen LogP contribution is -2.28. The van der Waals surface area contributed by atoms with Crippen molar-refractivity contribution in [1.29, 1.82) is 0 Å². The average Bonchev–Trinajstić information content (AvgIpc) is 2.03. The van der Waals surface area contributed by atoms with Crippen LogP contribution in [0.2, 0.25) is 0 Å². The molecule has 0 radical (unpaired) electrons. The van der Waals surface area contributed by atoms with Crippen LogP contribution in [-0.4, -0.2) is 12.6 Å². The Morgan fingerprint density at radius 1 is 1.70 bits per heavy atom. The number of hydrogen-bond donors (Lipinski definition) is 1. The minimum atomic E-state index is 0.603. The Bertz CT molecular complexity index is 127. The quantitative estimate of drug-likeness (QED) is 0.585. The molecule has 0 aromatic heterocycles. The monoisotopic (exact) mass is 137 g/mol. The highest BCUT2D eigenvalue weighted by molar-refractivity contribution is 4.98. The fourth-order valence-corrected chi connectivity index (χ4v) is 1.22. The maximum atomic E-state index is 3.66. The standard InChI is InChI=1S/C9H15N/c1-2-8-10-9-6-4-3-5-7-9/h2,4,6,9-10H,1,3,5,7-8H2. The van der Waals surface area contributed by atoms with Crippen LogP contribution < -0.4 is 5.32 Å². The number of hydrogen-bond acceptors (Lipinski definition) is 1. The summed E-state index contributed by atoms with van der Waals surface area (Å²) in [6.45, 7) is 4.58. The molecular weight excluding hydrogens is 122 g/mol. The van der Waals surface area contributed by atoms with E-state index in [9.17, 15) is 0 Å². The zero-order valence-corrected chi connectivity index (χ0v) is 6.34. The van der Waals surface area contributed by atoms with Gasteiger partial charge in [0.15, 0.2) is 0 Å². The lowest BCUT2D eigenvalue weighted by Gasteiger charge is -2.16. The van der Waals surface area contributed by atoms with Crippen LogP contribution in [-0.2, 0) is 0 Å². The first kappa shape index (κ1) is 7.55. The first-order valence-corrected chi connectivity index (χ1v) is 3.94. The van der Waals surface area contributed by atoms with Crippen LogP contribution in [0.5, 0.6) is 0 Å². The van der Waals surface area contributed by atoms with E-state index >= 15 is 0 Å². The van der Waals surface area contributed by atoms with Gasteiger partial charge < -0.3 is 5.32 Å². The fourth-order valence-electron chi connectivity index (χ4n) is 1.22. The summed E-state index contributed by atoms with van der Waals surface area (Å²) in [6.07, 6.45) is 10.3. The number of nitrogens with one attached hydrogen (secondary N) is 1. The Morgan fingerprint density at radius 3 is 3.20 bits per heavy atom. The van der Waals surface area contributed by atoms with E-state index in [0.717, 1.165) is 6.54 Å². The van der Waals surface area contributed by atoms with Crippen molar-refractivity contribution in [2.24, 2.45) is 0 Å². The third kappa shape index (κ3) is 2.36. The minimum Gasteiger partial charge on any atom is -0.307 e. The largest absolute Gasteiger partial charge is 0.307 e. The second kappa shape index (κ2) is 4.29. The Balaban J connectivity index is 2.19. The molecular formula is C9H15N. The van der Waals surface area contributed by atoms with Gasteiger partial charge in [-0.2, -0.15) is 0 Å². The highest BCUT2D eigenvalue weighted by atomic mass is 14.9. The van der Waals surface area contributed by atoms with Gasteiger partial charge in [0.25, 0.3) is 0 Å². The fraction of sp³-hybridized carbons (Fsp3) is 0.556. The van der Waals surface area contributed by atoms with Crippen molar-refractivity contribution in [3.8, 4) is 0 Å². The Morgan fingerprint density at radius 2 is 2.60 bits per heavy atom. The van der Waals surface area contributed by atoms with Crippen LogP contribution in [0.3, 0.4) is 0 Å². The number of rotatable bonds is 3. The summed E-state index contributed by atoms with van der Waals surface area (Å²) >= 11 is 0. The van der Waals surface area contributed by atoms with Crippen molar-refractivity contribution in [2.45, 2.75) is 25.3 Å². The van der Waals surface area contributed by atoms with Crippen molar-refractivity contribution < 1.29 is 0 Å². The van der Waals surface area contributed by atoms with E-state index in [-0.39, 0.29) is 0 Å². The van der Waals surface area contributed by atoms with Crippen LogP contribution in [0.1, 0.15) is 19.3 Å². The highest BCUT2D eigenvalue weighted by Gasteiger charge is 2.04. The highest BCUT2D eigenvalue weighted by Crippen LogP contribution is 2.09. The second-order valence-electron chi connectivity index (χ2n) is 2.66. The predicted octanol–water partition coefficient (Wildman–Crippen LogP) is 1.87. The van der Waals surface area contributed by atoms with Crippen LogP contribution in [0.4, 0.5) is 0 Å². The van der Waals surface area contributed by atoms with Gasteiger partial charge in [0.2, 0.25) is 0 Å². The lowest BCUT2D eigenvalue weighted by atomic mass is 10.0. The molecule has 1 aliphatic rings. The lowest BCUT2D eigenvalue weighted by molar-refractivity contribution is 0.548. The van der Waals surface area contributed by atoms with Gasteiger partial charge in [-0.25, -0.2) is 0 Å². The van der Waals surface area contributed by atoms with Crippen molar-refractivity contribution in [3.63, 3.8) is 0 Å². The first-order chi connectivity index (χ1) is 4.93. The predicted molar refractivity (Wildman–Crippen MR) is 45.0 cm³/mol. The van der Waals surface area contributed by atoms with Crippen molar-refractivity contribution in [3.05, 3.63) is 24.8 Å². The Hall–Kier alpha value is -0.560. The zero-order chi connectivity index (χ0) is 7.23. The third-order valence-electron chi connectivity index (χ3n) is 1.78. The molecule has 1 rings (SSSR count). The molecule has 0 saturated carbocycles. The molecule has 1 aliphatic carbocycles. The summed E-state index contributed by atoms with van der Waals surface area (Å²) in [4.78, 5) is 0. The van der Waals surface area contributed by atoms with E-state index in [1.807, 2.05) is 6.08 Å². The summed E-state index contributed by atoms with van der Waals surface area (Å²) in [6, 6.07) is 0.603. The summed E-state index contributed by atoms with van der Waals surface area (Å²) < 4.78 is 0. The van der Waals surface area contributed by atoms with E-state index in [1.54, 1.807) is 0 Å². The van der Waals surface area contributed by atoms with E-state index in [2.05, 4.69) is 24.0 Å². The summed E-state index contributed by atoms with van der Waals surface area (Å²) in [5.74, 6) is 0. The molecule has 0 heterocycles. The molecule has 0 aromatic carbocycles. The Kier molecular flexibility index (Phi) is 3.23. The first-order valence-electron chi connectivity index (χ1n) is 3.94. The summed E-state index contributed by atoms with van der Waals surface area (Å²) in [5, 5.41) is 3.37. The maximum absolute atomic E-state index is 3.66. The average molecular weight is 137 g/mol. The van der Waals surface area contributed by atoms with Crippen LogP contribution >= 0.6 is 0 Å². The van der Waals surface area contributed by atoms with E-state index in [4.69, 9.17) is 0 Å². The Labute approximate surface area is 62.8 Å². The van der Waals surface area contributed by atoms with Gasteiger partial charge in [0, 0.05) is 12.6 Å². The SMILES string of the molecule is C=CCNC1C=CCCC1. The molecule has 1 N–H and O–H groups in total. The number of allylic oxidation sites excluding steroid dienone is 1. The van der Waals surface area contributed by atoms with Crippen molar-refractivity contribution in [2.75, 3.05) is 6.54 Å². The van der Waals surface area contributed by atoms with E-state index in [1.165, 1.54) is 19.3 Å². The van der Waals surface area contributed by atoms with Gasteiger partial charge in [-0.05, 0) is 19.3 Å². The van der Waals surface area contributed by atoms with Crippen molar-refractivity contribution in [1.82, 2.24) is 5.32 Å². The van der Waals surface area contributed by atoms with E-state index in [0.29, 0.717) is 6.04 Å². The van der Waals surface area contributed by atoms with Gasteiger partial charge in [0.05, 0.1) is 0 Å². The summed E-state index contributed by atoms with van der Waals surface area (Å²) in [7, 11) is 0. The molecule has 0 amide bonds. The van der Waals surface area contributed by atoms with Gasteiger partial charge in [-0.1, -0.05) is 18.2 Å². The molecule has 0 aromatic rings. The smallest absolute Gasteiger partial charge is 0.0253 e. The van der Waals surface area contributed by atoms with Crippen LogP contribution in [0.15, 0.2) is 24.8 Å². The van der Waals surface area contributed by atoms with Gasteiger partial charge in [-0.3, -0.25) is 0 Å². The molecule has 0 bridgehead atoms. The van der Waals surface area contributed by atoms with Crippen molar-refractivity contribution >= 4 is 0 Å². The molecule has 56 valence electrons. The maximum Gasteiger partial charge on any atom is 0.0253 e. The molecule has 1 heteroatoms. The molecule has 1 nitrogen and oxygen atoms in total. The second-order valence-corrected chi connectivity index (χ2v) is 2.66. The normalized spacial score (nSPS) is 24.6. The van der Waals surface area contributed by atoms with Crippen LogP contribution in [0.25, 0.3) is 0 Å². The summed E-state index contributed by atoms with van der Waals surface area (Å²) in [5.41, 5.74) is 0. The molecule has 0 saturated heterocycles. The van der Waals surface area contributed by atoms with Gasteiger partial charge >= 0.3 is 0 Å². The molecule has 0 spiro atoms. The minimum absolute atomic E-state index is 0.603. The topological polar surface area (TPSA) is 12.0 Å². The molecule has 1 unspecified atom stereocenters. The molecule has 10 heavy (non-hydrogen) atoms. The van der Waals surface area contributed by atoms with Crippen LogP contribution in [0, 0.1) is 0 Å². The zero-order valence-electron chi connectivity index (χ0n) is 6.34. The molecule has 1 atom stereocenters. The molecule has 0 fully saturated rings. The van der Waals surface area contributed by atoms with E-state index < -0.39 is 0 Å². The third-order valence-corrected chi connectivity index (χ3v) is 1.78. The van der Waals surface area contributed by atoms with Gasteiger partial charge in [-0.15, -0.1) is 6.58 Å².